The third kappa shape index (κ3) is 4.04. The molecule has 1 N–H and O–H groups in total. The maximum absolute atomic E-state index is 13.7. The molecule has 3 atom stereocenters. The predicted molar refractivity (Wildman–Crippen MR) is 109 cm³/mol. The molecule has 1 saturated carbocycles. The SMILES string of the molecule is CSNC1CCCN(C(=O)C2CC2c2ccccc2-c2cccc(F)c2)C1. The van der Waals surface area contributed by atoms with E-state index in [-0.39, 0.29) is 23.6 Å². The monoisotopic (exact) mass is 384 g/mol. The zero-order valence-electron chi connectivity index (χ0n) is 15.5. The van der Waals surface area contributed by atoms with E-state index in [0.29, 0.717) is 6.04 Å². The first-order valence-corrected chi connectivity index (χ1v) is 10.8. The number of carbonyl (C=O) groups is 1. The summed E-state index contributed by atoms with van der Waals surface area (Å²) < 4.78 is 17.1. The summed E-state index contributed by atoms with van der Waals surface area (Å²) in [5.74, 6) is 0.353. The van der Waals surface area contributed by atoms with Crippen molar-refractivity contribution in [2.24, 2.45) is 5.92 Å². The molecular weight excluding hydrogens is 359 g/mol. The standard InChI is InChI=1S/C22H25FN2OS/c1-27-24-17-8-5-11-25(14-17)22(26)21-13-20(21)19-10-3-2-9-18(19)15-6-4-7-16(23)12-15/h2-4,6-7,9-10,12,17,20-21,24H,5,8,11,13-14H2,1H3. The van der Waals surface area contributed by atoms with Crippen molar-refractivity contribution in [2.75, 3.05) is 19.3 Å². The Bertz CT molecular complexity index is 825. The van der Waals surface area contributed by atoms with Crippen molar-refractivity contribution >= 4 is 17.9 Å². The van der Waals surface area contributed by atoms with Crippen LogP contribution >= 0.6 is 11.9 Å². The zero-order valence-corrected chi connectivity index (χ0v) is 16.3. The average Bonchev–Trinajstić information content (AvgIpc) is 3.49. The summed E-state index contributed by atoms with van der Waals surface area (Å²) in [5.41, 5.74) is 3.08. The molecule has 3 unspecified atom stereocenters. The normalized spacial score (nSPS) is 24.7. The van der Waals surface area contributed by atoms with Crippen molar-refractivity contribution in [3.63, 3.8) is 0 Å². The van der Waals surface area contributed by atoms with Gasteiger partial charge in [0.1, 0.15) is 5.82 Å². The van der Waals surface area contributed by atoms with Crippen LogP contribution in [-0.4, -0.2) is 36.2 Å². The van der Waals surface area contributed by atoms with Crippen molar-refractivity contribution in [1.82, 2.24) is 9.62 Å². The van der Waals surface area contributed by atoms with Crippen LogP contribution < -0.4 is 4.72 Å². The van der Waals surface area contributed by atoms with Gasteiger partial charge in [-0.1, -0.05) is 48.3 Å². The molecule has 5 heteroatoms. The fourth-order valence-electron chi connectivity index (χ4n) is 4.23. The lowest BCUT2D eigenvalue weighted by molar-refractivity contribution is -0.133. The second-order valence-corrected chi connectivity index (χ2v) is 8.14. The molecule has 1 saturated heterocycles. The minimum Gasteiger partial charge on any atom is -0.341 e. The lowest BCUT2D eigenvalue weighted by atomic mass is 9.95. The molecule has 0 spiro atoms. The van der Waals surface area contributed by atoms with Crippen LogP contribution in [0.25, 0.3) is 11.1 Å². The average molecular weight is 385 g/mol. The van der Waals surface area contributed by atoms with Crippen LogP contribution in [0, 0.1) is 11.7 Å². The largest absolute Gasteiger partial charge is 0.341 e. The number of rotatable bonds is 5. The molecule has 3 nitrogen and oxygen atoms in total. The Balaban J connectivity index is 1.50. The van der Waals surface area contributed by atoms with E-state index in [4.69, 9.17) is 0 Å². The molecular formula is C22H25FN2OS. The van der Waals surface area contributed by atoms with Gasteiger partial charge in [-0.25, -0.2) is 4.39 Å². The highest BCUT2D eigenvalue weighted by atomic mass is 32.2. The van der Waals surface area contributed by atoms with Crippen LogP contribution in [0.1, 0.15) is 30.7 Å². The number of piperidine rings is 1. The maximum Gasteiger partial charge on any atom is 0.226 e. The molecule has 1 heterocycles. The topological polar surface area (TPSA) is 32.3 Å². The number of nitrogens with one attached hydrogen (secondary N) is 1. The molecule has 142 valence electrons. The Labute approximate surface area is 164 Å². The minimum atomic E-state index is -0.230. The highest BCUT2D eigenvalue weighted by molar-refractivity contribution is 7.96. The number of nitrogens with zero attached hydrogens (tertiary/aromatic N) is 1. The zero-order chi connectivity index (χ0) is 18.8. The predicted octanol–water partition coefficient (Wildman–Crippen LogP) is 4.45. The van der Waals surface area contributed by atoms with Gasteiger partial charge in [0.2, 0.25) is 5.91 Å². The Morgan fingerprint density at radius 1 is 1.22 bits per heavy atom. The van der Waals surface area contributed by atoms with Gasteiger partial charge in [-0.15, -0.1) is 0 Å². The molecule has 2 fully saturated rings. The Hall–Kier alpha value is -1.85. The summed E-state index contributed by atoms with van der Waals surface area (Å²) in [5, 5.41) is 0. The molecule has 2 aliphatic rings. The summed E-state index contributed by atoms with van der Waals surface area (Å²) >= 11 is 1.63. The van der Waals surface area contributed by atoms with E-state index < -0.39 is 0 Å². The Kier molecular flexibility index (Phi) is 5.50. The summed E-state index contributed by atoms with van der Waals surface area (Å²) in [6.45, 7) is 1.66. The van der Waals surface area contributed by atoms with E-state index >= 15 is 0 Å². The van der Waals surface area contributed by atoms with Gasteiger partial charge in [-0.05, 0) is 60.3 Å². The first-order valence-electron chi connectivity index (χ1n) is 9.59. The third-order valence-electron chi connectivity index (χ3n) is 5.62. The molecule has 0 aromatic heterocycles. The maximum atomic E-state index is 13.7. The molecule has 2 aromatic carbocycles. The molecule has 27 heavy (non-hydrogen) atoms. The molecule has 2 aromatic rings. The van der Waals surface area contributed by atoms with Crippen LogP contribution in [-0.2, 0) is 4.79 Å². The number of benzene rings is 2. The van der Waals surface area contributed by atoms with Crippen LogP contribution in [0.15, 0.2) is 48.5 Å². The second-order valence-electron chi connectivity index (χ2n) is 7.49. The molecule has 0 radical (unpaired) electrons. The first kappa shape index (κ1) is 18.5. The molecule has 1 aliphatic heterocycles. The van der Waals surface area contributed by atoms with Gasteiger partial charge >= 0.3 is 0 Å². The van der Waals surface area contributed by atoms with Crippen LogP contribution in [0.5, 0.6) is 0 Å². The molecule has 4 rings (SSSR count). The van der Waals surface area contributed by atoms with Gasteiger partial charge in [0, 0.05) is 25.0 Å². The number of amides is 1. The van der Waals surface area contributed by atoms with Crippen LogP contribution in [0.3, 0.4) is 0 Å². The Morgan fingerprint density at radius 3 is 2.89 bits per heavy atom. The van der Waals surface area contributed by atoms with Crippen molar-refractivity contribution in [1.29, 1.82) is 0 Å². The summed E-state index contributed by atoms with van der Waals surface area (Å²) in [6.07, 6.45) is 5.10. The molecule has 1 aliphatic carbocycles. The van der Waals surface area contributed by atoms with Gasteiger partial charge in [-0.3, -0.25) is 9.52 Å². The third-order valence-corrected chi connectivity index (χ3v) is 6.19. The van der Waals surface area contributed by atoms with Crippen molar-refractivity contribution in [2.45, 2.75) is 31.2 Å². The minimum absolute atomic E-state index is 0.0627. The van der Waals surface area contributed by atoms with E-state index in [9.17, 15) is 9.18 Å². The first-order chi connectivity index (χ1) is 13.2. The Morgan fingerprint density at radius 2 is 2.07 bits per heavy atom. The lowest BCUT2D eigenvalue weighted by Gasteiger charge is -2.33. The van der Waals surface area contributed by atoms with E-state index in [2.05, 4.69) is 10.8 Å². The summed E-state index contributed by atoms with van der Waals surface area (Å²) in [4.78, 5) is 15.1. The number of hydrogen-bond donors (Lipinski definition) is 1. The van der Waals surface area contributed by atoms with Gasteiger partial charge in [0.25, 0.3) is 0 Å². The van der Waals surface area contributed by atoms with Gasteiger partial charge in [0.15, 0.2) is 0 Å². The number of carbonyl (C=O) groups excluding carboxylic acids is 1. The number of hydrogen-bond acceptors (Lipinski definition) is 3. The fourth-order valence-corrected chi connectivity index (χ4v) is 4.75. The van der Waals surface area contributed by atoms with Gasteiger partial charge in [0.05, 0.1) is 0 Å². The quantitative estimate of drug-likeness (QED) is 0.773. The van der Waals surface area contributed by atoms with Crippen molar-refractivity contribution in [3.8, 4) is 11.1 Å². The van der Waals surface area contributed by atoms with Gasteiger partial charge < -0.3 is 4.90 Å². The summed E-state index contributed by atoms with van der Waals surface area (Å²) in [6, 6.07) is 15.2. The van der Waals surface area contributed by atoms with E-state index in [1.165, 1.54) is 6.07 Å². The fraction of sp³-hybridized carbons (Fsp3) is 0.409. The highest BCUT2D eigenvalue weighted by Gasteiger charge is 2.47. The van der Waals surface area contributed by atoms with Crippen molar-refractivity contribution < 1.29 is 9.18 Å². The van der Waals surface area contributed by atoms with Gasteiger partial charge in [-0.2, -0.15) is 0 Å². The van der Waals surface area contributed by atoms with Crippen molar-refractivity contribution in [3.05, 3.63) is 59.9 Å². The second kappa shape index (κ2) is 8.03. The van der Waals surface area contributed by atoms with Crippen LogP contribution in [0.2, 0.25) is 0 Å². The van der Waals surface area contributed by atoms with Crippen LogP contribution in [0.4, 0.5) is 4.39 Å². The molecule has 0 bridgehead atoms. The lowest BCUT2D eigenvalue weighted by Crippen LogP contribution is -2.46. The number of halogens is 1. The summed E-state index contributed by atoms with van der Waals surface area (Å²) in [7, 11) is 0. The smallest absolute Gasteiger partial charge is 0.226 e. The van der Waals surface area contributed by atoms with E-state index in [1.54, 1.807) is 24.1 Å². The molecule has 1 amide bonds. The number of likely N-dealkylation sites (tertiary alicyclic amines) is 1. The van der Waals surface area contributed by atoms with E-state index in [0.717, 1.165) is 49.0 Å². The highest BCUT2D eigenvalue weighted by Crippen LogP contribution is 2.51. The van der Waals surface area contributed by atoms with E-state index in [1.807, 2.05) is 35.4 Å².